The lowest BCUT2D eigenvalue weighted by molar-refractivity contribution is -0.137. The predicted molar refractivity (Wildman–Crippen MR) is 92.7 cm³/mol. The molecule has 2 aromatic rings. The Morgan fingerprint density at radius 1 is 1.12 bits per heavy atom. The number of halogens is 3. The van der Waals surface area contributed by atoms with Crippen LogP contribution in [0.1, 0.15) is 28.7 Å². The summed E-state index contributed by atoms with van der Waals surface area (Å²) in [6.45, 7) is 2.62. The maximum atomic E-state index is 12.5. The van der Waals surface area contributed by atoms with Gasteiger partial charge in [0, 0.05) is 13.0 Å². The van der Waals surface area contributed by atoms with Gasteiger partial charge in [0.25, 0.3) is 0 Å². The Hall–Kier alpha value is -2.83. The molecule has 1 aliphatic heterocycles. The molecule has 3 rings (SSSR count). The first-order chi connectivity index (χ1) is 12.3. The van der Waals surface area contributed by atoms with Crippen LogP contribution in [0.3, 0.4) is 0 Å². The van der Waals surface area contributed by atoms with Crippen molar-refractivity contribution in [1.29, 1.82) is 0 Å². The molecule has 136 valence electrons. The van der Waals surface area contributed by atoms with Crippen LogP contribution in [0.15, 0.2) is 53.6 Å². The second-order valence-corrected chi connectivity index (χ2v) is 6.14. The topological polar surface area (TPSA) is 44.7 Å². The van der Waals surface area contributed by atoms with Crippen LogP contribution in [0.5, 0.6) is 0 Å². The van der Waals surface area contributed by atoms with Gasteiger partial charge in [-0.25, -0.2) is 9.80 Å². The first-order valence-electron chi connectivity index (χ1n) is 8.19. The van der Waals surface area contributed by atoms with Crippen molar-refractivity contribution in [3.63, 3.8) is 0 Å². The number of amides is 2. The van der Waals surface area contributed by atoms with Crippen LogP contribution in [-0.2, 0) is 12.7 Å². The van der Waals surface area contributed by atoms with Crippen molar-refractivity contribution in [3.05, 3.63) is 70.8 Å². The van der Waals surface area contributed by atoms with E-state index in [9.17, 15) is 18.0 Å². The lowest BCUT2D eigenvalue weighted by Crippen LogP contribution is -2.34. The van der Waals surface area contributed by atoms with E-state index in [0.29, 0.717) is 18.5 Å². The lowest BCUT2D eigenvalue weighted by atomic mass is 10.1. The van der Waals surface area contributed by atoms with Gasteiger partial charge in [-0.3, -0.25) is 0 Å². The van der Waals surface area contributed by atoms with Crippen molar-refractivity contribution in [1.82, 2.24) is 10.3 Å². The van der Waals surface area contributed by atoms with E-state index in [2.05, 4.69) is 10.4 Å². The van der Waals surface area contributed by atoms with E-state index in [4.69, 9.17) is 0 Å². The standard InChI is InChI=1S/C19H18F3N3O/c1-13-2-6-15(7-3-13)17-10-11-25(24-17)18(26)23-12-14-4-8-16(9-5-14)19(20,21)22/h2-9H,10-12H2,1H3,(H,23,26). The van der Waals surface area contributed by atoms with Crippen molar-refractivity contribution in [3.8, 4) is 0 Å². The van der Waals surface area contributed by atoms with Gasteiger partial charge in [0.1, 0.15) is 0 Å². The van der Waals surface area contributed by atoms with Gasteiger partial charge in [-0.1, -0.05) is 42.0 Å². The highest BCUT2D eigenvalue weighted by atomic mass is 19.4. The van der Waals surface area contributed by atoms with E-state index >= 15 is 0 Å². The van der Waals surface area contributed by atoms with Gasteiger partial charge in [0.05, 0.1) is 17.8 Å². The minimum atomic E-state index is -4.36. The summed E-state index contributed by atoms with van der Waals surface area (Å²) in [5.74, 6) is 0. The number of hydrazone groups is 1. The molecule has 0 spiro atoms. The number of aryl methyl sites for hydroxylation is 1. The fourth-order valence-electron chi connectivity index (χ4n) is 2.63. The lowest BCUT2D eigenvalue weighted by Gasteiger charge is -2.13. The van der Waals surface area contributed by atoms with Crippen LogP contribution in [0.4, 0.5) is 18.0 Å². The number of carbonyl (C=O) groups is 1. The van der Waals surface area contributed by atoms with Crippen molar-refractivity contribution in [2.45, 2.75) is 26.1 Å². The summed E-state index contributed by atoms with van der Waals surface area (Å²) in [5, 5.41) is 8.36. The molecule has 2 aromatic carbocycles. The zero-order valence-corrected chi connectivity index (χ0v) is 14.2. The largest absolute Gasteiger partial charge is 0.416 e. The molecule has 0 unspecified atom stereocenters. The van der Waals surface area contributed by atoms with E-state index in [1.807, 2.05) is 31.2 Å². The third kappa shape index (κ3) is 4.22. The number of hydrogen-bond acceptors (Lipinski definition) is 2. The summed E-state index contributed by atoms with van der Waals surface area (Å²) < 4.78 is 37.6. The molecule has 0 fully saturated rings. The average Bonchev–Trinajstić information content (AvgIpc) is 3.10. The third-order valence-corrected chi connectivity index (χ3v) is 4.15. The first kappa shape index (κ1) is 18.0. The molecule has 0 aliphatic carbocycles. The van der Waals surface area contributed by atoms with Crippen LogP contribution in [0.2, 0.25) is 0 Å². The van der Waals surface area contributed by atoms with Crippen molar-refractivity contribution in [2.24, 2.45) is 5.10 Å². The minimum Gasteiger partial charge on any atom is -0.332 e. The predicted octanol–water partition coefficient (Wildman–Crippen LogP) is 4.33. The molecule has 2 amide bonds. The van der Waals surface area contributed by atoms with E-state index in [-0.39, 0.29) is 12.6 Å². The van der Waals surface area contributed by atoms with E-state index in [1.54, 1.807) is 0 Å². The van der Waals surface area contributed by atoms with Crippen molar-refractivity contribution in [2.75, 3.05) is 6.54 Å². The molecule has 1 N–H and O–H groups in total. The van der Waals surface area contributed by atoms with E-state index in [1.165, 1.54) is 17.1 Å². The summed E-state index contributed by atoms with van der Waals surface area (Å²) >= 11 is 0. The molecule has 1 heterocycles. The monoisotopic (exact) mass is 361 g/mol. The minimum absolute atomic E-state index is 0.142. The summed E-state index contributed by atoms with van der Waals surface area (Å²) in [4.78, 5) is 12.2. The van der Waals surface area contributed by atoms with Gasteiger partial charge in [-0.05, 0) is 30.2 Å². The molecule has 0 saturated carbocycles. The Bertz CT molecular complexity index is 811. The second kappa shape index (κ2) is 7.19. The number of nitrogens with one attached hydrogen (secondary N) is 1. The zero-order valence-electron chi connectivity index (χ0n) is 14.2. The quantitative estimate of drug-likeness (QED) is 0.869. The van der Waals surface area contributed by atoms with Crippen LogP contribution in [-0.4, -0.2) is 23.3 Å². The highest BCUT2D eigenvalue weighted by molar-refractivity contribution is 6.02. The fourth-order valence-corrected chi connectivity index (χ4v) is 2.63. The zero-order chi connectivity index (χ0) is 18.7. The number of urea groups is 1. The van der Waals surface area contributed by atoms with Gasteiger partial charge in [0.15, 0.2) is 0 Å². The SMILES string of the molecule is Cc1ccc(C2=NN(C(=O)NCc3ccc(C(F)(F)F)cc3)CC2)cc1. The maximum absolute atomic E-state index is 12.5. The normalized spacial score (nSPS) is 14.3. The molecule has 0 bridgehead atoms. The fraction of sp³-hybridized carbons (Fsp3) is 0.263. The summed E-state index contributed by atoms with van der Waals surface area (Å²) in [6.07, 6.45) is -3.70. The van der Waals surface area contributed by atoms with Gasteiger partial charge in [-0.2, -0.15) is 18.3 Å². The average molecular weight is 361 g/mol. The van der Waals surface area contributed by atoms with Gasteiger partial charge in [-0.15, -0.1) is 0 Å². The molecular weight excluding hydrogens is 343 g/mol. The summed E-state index contributed by atoms with van der Waals surface area (Å²) in [6, 6.07) is 12.3. The highest BCUT2D eigenvalue weighted by Crippen LogP contribution is 2.29. The molecule has 4 nitrogen and oxygen atoms in total. The summed E-state index contributed by atoms with van der Waals surface area (Å²) in [7, 11) is 0. The van der Waals surface area contributed by atoms with E-state index in [0.717, 1.165) is 29.0 Å². The molecule has 7 heteroatoms. The van der Waals surface area contributed by atoms with Gasteiger partial charge in [0.2, 0.25) is 0 Å². The van der Waals surface area contributed by atoms with Crippen LogP contribution in [0, 0.1) is 6.92 Å². The van der Waals surface area contributed by atoms with Crippen molar-refractivity contribution >= 4 is 11.7 Å². The Morgan fingerprint density at radius 2 is 1.77 bits per heavy atom. The van der Waals surface area contributed by atoms with Gasteiger partial charge >= 0.3 is 12.2 Å². The Balaban J connectivity index is 1.58. The number of alkyl halides is 3. The number of nitrogens with zero attached hydrogens (tertiary/aromatic N) is 2. The molecule has 1 aliphatic rings. The molecular formula is C19H18F3N3O. The first-order valence-corrected chi connectivity index (χ1v) is 8.19. The van der Waals surface area contributed by atoms with E-state index < -0.39 is 11.7 Å². The number of carbonyl (C=O) groups excluding carboxylic acids is 1. The van der Waals surface area contributed by atoms with Crippen LogP contribution < -0.4 is 5.32 Å². The molecule has 0 radical (unpaired) electrons. The third-order valence-electron chi connectivity index (χ3n) is 4.15. The Morgan fingerprint density at radius 3 is 2.38 bits per heavy atom. The second-order valence-electron chi connectivity index (χ2n) is 6.14. The summed E-state index contributed by atoms with van der Waals surface area (Å²) in [5.41, 5.74) is 2.86. The van der Waals surface area contributed by atoms with Crippen LogP contribution >= 0.6 is 0 Å². The Kier molecular flexibility index (Phi) is 4.97. The molecule has 0 aromatic heterocycles. The maximum Gasteiger partial charge on any atom is 0.416 e. The number of benzene rings is 2. The van der Waals surface area contributed by atoms with Gasteiger partial charge < -0.3 is 5.32 Å². The molecule has 0 atom stereocenters. The molecule has 26 heavy (non-hydrogen) atoms. The van der Waals surface area contributed by atoms with Crippen molar-refractivity contribution < 1.29 is 18.0 Å². The molecule has 0 saturated heterocycles. The number of rotatable bonds is 3. The van der Waals surface area contributed by atoms with Crippen LogP contribution in [0.25, 0.3) is 0 Å². The Labute approximate surface area is 149 Å². The number of hydrogen-bond donors (Lipinski definition) is 1. The smallest absolute Gasteiger partial charge is 0.332 e. The highest BCUT2D eigenvalue weighted by Gasteiger charge is 2.30.